The van der Waals surface area contributed by atoms with Crippen molar-refractivity contribution in [2.75, 3.05) is 19.7 Å². The number of alkyl halides is 3. The molecule has 10 nitrogen and oxygen atoms in total. The Hall–Kier alpha value is -4.49. The molecule has 13 heteroatoms. The van der Waals surface area contributed by atoms with Gasteiger partial charge in [0.15, 0.2) is 0 Å². The Labute approximate surface area is 288 Å². The van der Waals surface area contributed by atoms with E-state index in [-0.39, 0.29) is 24.6 Å². The third-order valence-electron chi connectivity index (χ3n) is 9.18. The van der Waals surface area contributed by atoms with E-state index in [9.17, 15) is 18.0 Å². The van der Waals surface area contributed by atoms with Gasteiger partial charge < -0.3 is 18.8 Å². The van der Waals surface area contributed by atoms with Crippen LogP contribution in [0.25, 0.3) is 21.9 Å². The van der Waals surface area contributed by atoms with Gasteiger partial charge in [0, 0.05) is 29.7 Å². The molecular weight excluding hydrogens is 649 g/mol. The highest BCUT2D eigenvalue weighted by atomic mass is 19.4. The lowest BCUT2D eigenvalue weighted by Gasteiger charge is -2.32. The minimum absolute atomic E-state index is 0.128. The van der Waals surface area contributed by atoms with E-state index in [1.807, 2.05) is 51.1 Å². The largest absolute Gasteiger partial charge is 0.473 e. The second-order valence-electron chi connectivity index (χ2n) is 14.2. The Morgan fingerprint density at radius 2 is 1.78 bits per heavy atom. The summed E-state index contributed by atoms with van der Waals surface area (Å²) in [7, 11) is 0. The summed E-state index contributed by atoms with van der Waals surface area (Å²) in [6.45, 7) is 8.47. The zero-order valence-electron chi connectivity index (χ0n) is 28.4. The highest BCUT2D eigenvalue weighted by Crippen LogP contribution is 2.30. The van der Waals surface area contributed by atoms with Crippen LogP contribution in [-0.4, -0.2) is 72.8 Å². The Morgan fingerprint density at radius 1 is 0.980 bits per heavy atom. The molecule has 1 atom stereocenters. The SMILES string of the molecule is CC(C)(C)OC(=O)c1ccc2nc(CN3CCC(c4cccc(OCc5ccc6cnn(CC(F)(F)F)c6c5)n4)CC3)n(C[C@@H]3CCO3)c2c1. The van der Waals surface area contributed by atoms with Gasteiger partial charge in [-0.2, -0.15) is 18.3 Å². The van der Waals surface area contributed by atoms with E-state index in [1.54, 1.807) is 24.3 Å². The van der Waals surface area contributed by atoms with Crippen LogP contribution in [0.1, 0.15) is 73.4 Å². The first kappa shape index (κ1) is 34.0. The average Bonchev–Trinajstić information content (AvgIpc) is 3.60. The second kappa shape index (κ2) is 13.7. The van der Waals surface area contributed by atoms with Crippen molar-refractivity contribution in [3.63, 3.8) is 0 Å². The smallest absolute Gasteiger partial charge is 0.408 e. The molecule has 2 aliphatic rings. The summed E-state index contributed by atoms with van der Waals surface area (Å²) in [5.74, 6) is 1.34. The molecule has 2 aliphatic heterocycles. The molecule has 2 aromatic carbocycles. The lowest BCUT2D eigenvalue weighted by atomic mass is 9.93. The molecule has 0 spiro atoms. The van der Waals surface area contributed by atoms with E-state index >= 15 is 0 Å². The number of carbonyl (C=O) groups excluding carboxylic acids is 1. The van der Waals surface area contributed by atoms with Crippen molar-refractivity contribution >= 4 is 27.9 Å². The molecule has 0 amide bonds. The van der Waals surface area contributed by atoms with Crippen molar-refractivity contribution in [3.05, 3.63) is 83.4 Å². The molecule has 0 aliphatic carbocycles. The van der Waals surface area contributed by atoms with E-state index in [0.29, 0.717) is 35.4 Å². The third-order valence-corrected chi connectivity index (χ3v) is 9.18. The number of nitrogens with zero attached hydrogens (tertiary/aromatic N) is 6. The first-order valence-electron chi connectivity index (χ1n) is 17.0. The number of benzene rings is 2. The van der Waals surface area contributed by atoms with E-state index in [1.165, 1.54) is 6.20 Å². The van der Waals surface area contributed by atoms with E-state index in [0.717, 1.165) is 71.8 Å². The zero-order valence-corrected chi connectivity index (χ0v) is 28.4. The molecule has 0 saturated carbocycles. The minimum atomic E-state index is -4.36. The first-order valence-corrected chi connectivity index (χ1v) is 17.0. The van der Waals surface area contributed by atoms with Gasteiger partial charge in [-0.1, -0.05) is 18.2 Å². The number of ether oxygens (including phenoxy) is 3. The summed E-state index contributed by atoms with van der Waals surface area (Å²) < 4.78 is 59.5. The zero-order chi connectivity index (χ0) is 35.0. The van der Waals surface area contributed by atoms with E-state index in [4.69, 9.17) is 24.2 Å². The summed E-state index contributed by atoms with van der Waals surface area (Å²) in [5.41, 5.74) is 3.77. The molecule has 7 rings (SSSR count). The number of rotatable bonds is 10. The Balaban J connectivity index is 0.992. The fourth-order valence-corrected chi connectivity index (χ4v) is 6.58. The van der Waals surface area contributed by atoms with Crippen LogP contribution in [-0.2, 0) is 35.7 Å². The summed E-state index contributed by atoms with van der Waals surface area (Å²) in [5, 5.41) is 4.54. The predicted molar refractivity (Wildman–Crippen MR) is 181 cm³/mol. The maximum atomic E-state index is 13.0. The van der Waals surface area contributed by atoms with Crippen molar-refractivity contribution in [1.29, 1.82) is 0 Å². The number of likely N-dealkylation sites (tertiary alicyclic amines) is 1. The molecule has 0 radical (unpaired) electrons. The van der Waals surface area contributed by atoms with E-state index in [2.05, 4.69) is 14.6 Å². The van der Waals surface area contributed by atoms with Crippen molar-refractivity contribution in [2.45, 2.75) is 90.1 Å². The van der Waals surface area contributed by atoms with Crippen LogP contribution in [0, 0.1) is 0 Å². The number of imidazole rings is 1. The molecule has 2 fully saturated rings. The second-order valence-corrected chi connectivity index (χ2v) is 14.2. The van der Waals surface area contributed by atoms with Crippen molar-refractivity contribution < 1.29 is 32.2 Å². The highest BCUT2D eigenvalue weighted by molar-refractivity contribution is 5.94. The normalized spacial score (nSPS) is 17.7. The molecule has 5 heterocycles. The number of hydrogen-bond acceptors (Lipinski definition) is 8. The summed E-state index contributed by atoms with van der Waals surface area (Å²) in [4.78, 5) is 25.0. The number of esters is 1. The van der Waals surface area contributed by atoms with Crippen LogP contribution in [0.2, 0.25) is 0 Å². The van der Waals surface area contributed by atoms with Crippen LogP contribution in [0.4, 0.5) is 13.2 Å². The summed E-state index contributed by atoms with van der Waals surface area (Å²) in [6, 6.07) is 16.6. The maximum absolute atomic E-state index is 13.0. The Kier molecular flexibility index (Phi) is 9.29. The van der Waals surface area contributed by atoms with Crippen LogP contribution in [0.3, 0.4) is 0 Å². The molecule has 0 unspecified atom stereocenters. The van der Waals surface area contributed by atoms with Gasteiger partial charge >= 0.3 is 12.1 Å². The molecule has 0 bridgehead atoms. The van der Waals surface area contributed by atoms with Crippen LogP contribution in [0.15, 0.2) is 60.8 Å². The van der Waals surface area contributed by atoms with Gasteiger partial charge in [0.1, 0.15) is 24.6 Å². The molecule has 3 aromatic heterocycles. The lowest BCUT2D eigenvalue weighted by molar-refractivity contribution is -0.141. The number of pyridine rings is 1. The van der Waals surface area contributed by atoms with Gasteiger partial charge in [-0.3, -0.25) is 9.58 Å². The third kappa shape index (κ3) is 7.94. The highest BCUT2D eigenvalue weighted by Gasteiger charge is 2.30. The Morgan fingerprint density at radius 3 is 2.50 bits per heavy atom. The molecule has 0 N–H and O–H groups in total. The number of aromatic nitrogens is 5. The fourth-order valence-electron chi connectivity index (χ4n) is 6.58. The molecular formula is C37H41F3N6O4. The van der Waals surface area contributed by atoms with Gasteiger partial charge in [0.2, 0.25) is 5.88 Å². The standard InChI is InChI=1S/C37H41F3N6O4/c1-36(2,3)50-35(47)26-9-10-30-32(18-26)45(20-28-13-16-48-28)33(42-30)21-44-14-11-25(12-15-44)29-5-4-6-34(43-29)49-22-24-7-8-27-19-41-46(31(27)17-24)23-37(38,39)40/h4-10,17-19,25,28H,11-16,20-23H2,1-3H3/t28-/m0/s1. The van der Waals surface area contributed by atoms with Crippen LogP contribution >= 0.6 is 0 Å². The molecule has 5 aromatic rings. The van der Waals surface area contributed by atoms with Gasteiger partial charge in [-0.15, -0.1) is 0 Å². The Bertz CT molecular complexity index is 1990. The molecule has 50 heavy (non-hydrogen) atoms. The van der Waals surface area contributed by atoms with E-state index < -0.39 is 18.3 Å². The van der Waals surface area contributed by atoms with Crippen molar-refractivity contribution in [3.8, 4) is 5.88 Å². The van der Waals surface area contributed by atoms with Crippen molar-refractivity contribution in [1.82, 2.24) is 29.2 Å². The summed E-state index contributed by atoms with van der Waals surface area (Å²) in [6.07, 6.45) is 0.0447. The van der Waals surface area contributed by atoms with Crippen LogP contribution < -0.4 is 4.74 Å². The number of piperidine rings is 1. The summed E-state index contributed by atoms with van der Waals surface area (Å²) >= 11 is 0. The molecule has 2 saturated heterocycles. The average molecular weight is 691 g/mol. The van der Waals surface area contributed by atoms with Crippen LogP contribution in [0.5, 0.6) is 5.88 Å². The van der Waals surface area contributed by atoms with Crippen molar-refractivity contribution in [2.24, 2.45) is 0 Å². The maximum Gasteiger partial charge on any atom is 0.408 e. The topological polar surface area (TPSA) is 96.5 Å². The molecule has 264 valence electrons. The van der Waals surface area contributed by atoms with Gasteiger partial charge in [-0.25, -0.2) is 14.8 Å². The number of halogens is 3. The number of carbonyl (C=O) groups is 1. The van der Waals surface area contributed by atoms with Gasteiger partial charge in [0.05, 0.1) is 47.5 Å². The number of hydrogen-bond donors (Lipinski definition) is 0. The van der Waals surface area contributed by atoms with Gasteiger partial charge in [-0.05, 0) is 89.0 Å². The lowest BCUT2D eigenvalue weighted by Crippen LogP contribution is -2.35. The van der Waals surface area contributed by atoms with Gasteiger partial charge in [0.25, 0.3) is 0 Å². The predicted octanol–water partition coefficient (Wildman–Crippen LogP) is 7.05. The fraction of sp³-hybridized carbons (Fsp3) is 0.459. The number of fused-ring (bicyclic) bond motifs is 2. The monoisotopic (exact) mass is 690 g/mol. The first-order chi connectivity index (χ1) is 23.9. The minimum Gasteiger partial charge on any atom is -0.473 e. The quantitative estimate of drug-likeness (QED) is 0.144.